The number of alkyl halides is 2. The highest BCUT2D eigenvalue weighted by atomic mass is 32.2. The molecule has 1 saturated heterocycles. The number of hydrogen-bond donors (Lipinski definition) is 0. The highest BCUT2D eigenvalue weighted by Gasteiger charge is 2.29. The molecule has 1 aliphatic rings. The second kappa shape index (κ2) is 7.78. The van der Waals surface area contributed by atoms with Gasteiger partial charge in [-0.2, -0.15) is 8.78 Å². The van der Waals surface area contributed by atoms with Crippen molar-refractivity contribution in [2.75, 3.05) is 20.1 Å². The van der Waals surface area contributed by atoms with Crippen LogP contribution in [0.5, 0.6) is 0 Å². The van der Waals surface area contributed by atoms with Gasteiger partial charge in [0.05, 0.1) is 4.90 Å². The fourth-order valence-electron chi connectivity index (χ4n) is 3.05. The smallest absolute Gasteiger partial charge is 0.339 e. The largest absolute Gasteiger partial charge is 0.341 e. The Balaban J connectivity index is 2.06. The summed E-state index contributed by atoms with van der Waals surface area (Å²) in [6, 6.07) is 5.29. The minimum absolute atomic E-state index is 0.118. The van der Waals surface area contributed by atoms with Gasteiger partial charge in [0, 0.05) is 37.8 Å². The summed E-state index contributed by atoms with van der Waals surface area (Å²) in [6.07, 6.45) is 1.75. The quantitative estimate of drug-likeness (QED) is 0.795. The van der Waals surface area contributed by atoms with Crippen molar-refractivity contribution in [3.05, 3.63) is 29.8 Å². The molecule has 1 fully saturated rings. The number of hydrogen-bond acceptors (Lipinski definition) is 4. The van der Waals surface area contributed by atoms with Crippen LogP contribution in [0.2, 0.25) is 0 Å². The number of carbonyl (C=O) groups is 1. The number of sulfone groups is 1. The van der Waals surface area contributed by atoms with Crippen molar-refractivity contribution in [1.29, 1.82) is 0 Å². The van der Waals surface area contributed by atoms with Gasteiger partial charge in [0.25, 0.3) is 5.91 Å². The predicted molar refractivity (Wildman–Crippen MR) is 91.5 cm³/mol. The van der Waals surface area contributed by atoms with Crippen LogP contribution in [0.15, 0.2) is 29.2 Å². The molecule has 140 valence electrons. The number of halogens is 2. The Morgan fingerprint density at radius 2 is 1.68 bits per heavy atom. The lowest BCUT2D eigenvalue weighted by Gasteiger charge is -2.38. The zero-order valence-electron chi connectivity index (χ0n) is 14.7. The van der Waals surface area contributed by atoms with Crippen LogP contribution < -0.4 is 0 Å². The van der Waals surface area contributed by atoms with E-state index in [1.54, 1.807) is 11.9 Å². The van der Waals surface area contributed by atoms with Gasteiger partial charge in [-0.1, -0.05) is 0 Å². The van der Waals surface area contributed by atoms with Crippen LogP contribution in [-0.2, 0) is 9.84 Å². The molecule has 0 unspecified atom stereocenters. The second-order valence-corrected chi connectivity index (χ2v) is 8.52. The Hall–Kier alpha value is -1.54. The van der Waals surface area contributed by atoms with Crippen LogP contribution in [0.1, 0.15) is 37.0 Å². The molecule has 0 radical (unpaired) electrons. The van der Waals surface area contributed by atoms with E-state index in [2.05, 4.69) is 18.7 Å². The molecular formula is C17H24F2N2O3S. The molecule has 1 amide bonds. The van der Waals surface area contributed by atoms with E-state index in [9.17, 15) is 22.0 Å². The first-order valence-electron chi connectivity index (χ1n) is 8.28. The maximum Gasteiger partial charge on any atom is 0.341 e. The van der Waals surface area contributed by atoms with Crippen LogP contribution >= 0.6 is 0 Å². The third-order valence-electron chi connectivity index (χ3n) is 4.76. The van der Waals surface area contributed by atoms with E-state index in [0.717, 1.165) is 38.1 Å². The molecule has 0 atom stereocenters. The molecule has 0 bridgehead atoms. The Bertz CT molecular complexity index is 697. The summed E-state index contributed by atoms with van der Waals surface area (Å²) >= 11 is 0. The first kappa shape index (κ1) is 19.8. The molecule has 8 heteroatoms. The Morgan fingerprint density at radius 3 is 2.12 bits per heavy atom. The predicted octanol–water partition coefficient (Wildman–Crippen LogP) is 2.63. The fourth-order valence-corrected chi connectivity index (χ4v) is 3.77. The molecule has 0 aromatic heterocycles. The molecule has 0 aliphatic carbocycles. The minimum atomic E-state index is -4.64. The first-order valence-corrected chi connectivity index (χ1v) is 9.82. The summed E-state index contributed by atoms with van der Waals surface area (Å²) in [5, 5.41) is 0. The zero-order valence-corrected chi connectivity index (χ0v) is 15.5. The van der Waals surface area contributed by atoms with Crippen molar-refractivity contribution in [3.8, 4) is 0 Å². The molecule has 2 rings (SSSR count). The summed E-state index contributed by atoms with van der Waals surface area (Å²) in [5.41, 5.74) is 0.294. The number of benzene rings is 1. The van der Waals surface area contributed by atoms with Crippen molar-refractivity contribution in [2.24, 2.45) is 0 Å². The SMILES string of the molecule is CC(C)N1CCC(N(C)C(=O)c2ccc(S(=O)(=O)C(F)F)cc2)CC1. The Labute approximate surface area is 147 Å². The normalized spacial score (nSPS) is 17.2. The molecular weight excluding hydrogens is 350 g/mol. The number of carbonyl (C=O) groups excluding carboxylic acids is 1. The molecule has 1 aromatic carbocycles. The number of piperidine rings is 1. The summed E-state index contributed by atoms with van der Waals surface area (Å²) in [7, 11) is -2.91. The van der Waals surface area contributed by atoms with Gasteiger partial charge < -0.3 is 9.80 Å². The minimum Gasteiger partial charge on any atom is -0.339 e. The fraction of sp³-hybridized carbons (Fsp3) is 0.588. The monoisotopic (exact) mass is 374 g/mol. The maximum absolute atomic E-state index is 12.6. The number of nitrogens with zero attached hydrogens (tertiary/aromatic N) is 2. The number of likely N-dealkylation sites (tertiary alicyclic amines) is 1. The highest BCUT2D eigenvalue weighted by Crippen LogP contribution is 2.21. The standard InChI is InChI=1S/C17H24F2N2O3S/c1-12(2)21-10-8-14(9-11-21)20(3)16(22)13-4-6-15(7-5-13)25(23,24)17(18)19/h4-7,12,14,17H,8-11H2,1-3H3. The summed E-state index contributed by atoms with van der Waals surface area (Å²) in [6.45, 7) is 6.13. The highest BCUT2D eigenvalue weighted by molar-refractivity contribution is 7.91. The molecule has 0 spiro atoms. The third kappa shape index (κ3) is 4.36. The van der Waals surface area contributed by atoms with Crippen molar-refractivity contribution < 1.29 is 22.0 Å². The number of amides is 1. The van der Waals surface area contributed by atoms with Crippen molar-refractivity contribution in [2.45, 2.75) is 49.4 Å². The van der Waals surface area contributed by atoms with Gasteiger partial charge >= 0.3 is 5.76 Å². The van der Waals surface area contributed by atoms with E-state index in [-0.39, 0.29) is 11.9 Å². The van der Waals surface area contributed by atoms with Crippen molar-refractivity contribution in [1.82, 2.24) is 9.80 Å². The average molecular weight is 374 g/mol. The van der Waals surface area contributed by atoms with E-state index in [0.29, 0.717) is 11.6 Å². The molecule has 0 N–H and O–H groups in total. The molecule has 1 aromatic rings. The molecule has 1 aliphatic heterocycles. The average Bonchev–Trinajstić information content (AvgIpc) is 2.60. The summed E-state index contributed by atoms with van der Waals surface area (Å²) < 4.78 is 48.0. The summed E-state index contributed by atoms with van der Waals surface area (Å²) in [5.74, 6) is -3.70. The van der Waals surface area contributed by atoms with Crippen LogP contribution in [0.25, 0.3) is 0 Å². The molecule has 0 saturated carbocycles. The van der Waals surface area contributed by atoms with E-state index < -0.39 is 20.5 Å². The van der Waals surface area contributed by atoms with Gasteiger partial charge in [0.2, 0.25) is 9.84 Å². The van der Waals surface area contributed by atoms with Gasteiger partial charge in [0.1, 0.15) is 0 Å². The topological polar surface area (TPSA) is 57.7 Å². The lowest BCUT2D eigenvalue weighted by Crippen LogP contribution is -2.47. The van der Waals surface area contributed by atoms with Gasteiger partial charge in [-0.15, -0.1) is 0 Å². The molecule has 5 nitrogen and oxygen atoms in total. The van der Waals surface area contributed by atoms with E-state index in [4.69, 9.17) is 0 Å². The summed E-state index contributed by atoms with van der Waals surface area (Å²) in [4.78, 5) is 16.1. The lowest BCUT2D eigenvalue weighted by molar-refractivity contribution is 0.0615. The Kier molecular flexibility index (Phi) is 6.16. The van der Waals surface area contributed by atoms with Gasteiger partial charge in [0.15, 0.2) is 0 Å². The van der Waals surface area contributed by atoms with Crippen LogP contribution in [-0.4, -0.2) is 62.1 Å². The van der Waals surface area contributed by atoms with E-state index in [1.807, 2.05) is 0 Å². The van der Waals surface area contributed by atoms with E-state index >= 15 is 0 Å². The van der Waals surface area contributed by atoms with Crippen LogP contribution in [0.3, 0.4) is 0 Å². The lowest BCUT2D eigenvalue weighted by atomic mass is 10.0. The van der Waals surface area contributed by atoms with Gasteiger partial charge in [-0.3, -0.25) is 4.79 Å². The maximum atomic E-state index is 12.6. The van der Waals surface area contributed by atoms with E-state index in [1.165, 1.54) is 12.1 Å². The van der Waals surface area contributed by atoms with Crippen LogP contribution in [0, 0.1) is 0 Å². The third-order valence-corrected chi connectivity index (χ3v) is 6.16. The van der Waals surface area contributed by atoms with Gasteiger partial charge in [-0.05, 0) is 51.0 Å². The van der Waals surface area contributed by atoms with Crippen LogP contribution in [0.4, 0.5) is 8.78 Å². The Morgan fingerprint density at radius 1 is 1.16 bits per heavy atom. The molecule has 1 heterocycles. The van der Waals surface area contributed by atoms with Gasteiger partial charge in [-0.25, -0.2) is 8.42 Å². The first-order chi connectivity index (χ1) is 11.6. The molecule has 25 heavy (non-hydrogen) atoms. The zero-order chi connectivity index (χ0) is 18.8. The van der Waals surface area contributed by atoms with Crippen molar-refractivity contribution >= 4 is 15.7 Å². The van der Waals surface area contributed by atoms with Crippen molar-refractivity contribution in [3.63, 3.8) is 0 Å². The second-order valence-electron chi connectivity index (χ2n) is 6.61. The number of rotatable bonds is 5.